The predicted molar refractivity (Wildman–Crippen MR) is 56.5 cm³/mol. The van der Waals surface area contributed by atoms with Crippen LogP contribution in [0.4, 0.5) is 13.2 Å². The highest BCUT2D eigenvalue weighted by molar-refractivity contribution is 6.31. The van der Waals surface area contributed by atoms with Gasteiger partial charge >= 0.3 is 6.18 Å². The van der Waals surface area contributed by atoms with Gasteiger partial charge in [0.2, 0.25) is 0 Å². The Labute approximate surface area is 97.2 Å². The zero-order chi connectivity index (χ0) is 12.4. The number of benzene rings is 1. The second-order valence-corrected chi connectivity index (χ2v) is 4.11. The Morgan fingerprint density at radius 3 is 2.25 bits per heavy atom. The van der Waals surface area contributed by atoms with Crippen molar-refractivity contribution in [1.29, 1.82) is 0 Å². The maximum absolute atomic E-state index is 12.4. The molecule has 1 aromatic rings. The van der Waals surface area contributed by atoms with Gasteiger partial charge in [-0.2, -0.15) is 13.2 Å². The van der Waals surface area contributed by atoms with Gasteiger partial charge in [0.05, 0.1) is 12.0 Å². The number of hydrogen-bond donors (Lipinski definition) is 0. The summed E-state index contributed by atoms with van der Waals surface area (Å²) in [7, 11) is 1.25. The second-order valence-electron chi connectivity index (χ2n) is 3.71. The van der Waals surface area contributed by atoms with E-state index in [0.29, 0.717) is 5.56 Å². The minimum atomic E-state index is -4.30. The van der Waals surface area contributed by atoms with Gasteiger partial charge in [0.15, 0.2) is 0 Å². The first-order valence-electron chi connectivity index (χ1n) is 4.65. The normalized spacial score (nSPS) is 15.9. The van der Waals surface area contributed by atoms with E-state index in [4.69, 9.17) is 16.3 Å². The molecule has 1 nitrogen and oxygen atoms in total. The largest absolute Gasteiger partial charge is 0.392 e. The molecule has 90 valence electrons. The Balaban J connectivity index is 3.10. The molecule has 0 aromatic heterocycles. The second kappa shape index (κ2) is 4.63. The van der Waals surface area contributed by atoms with Crippen LogP contribution in [-0.2, 0) is 10.3 Å². The van der Waals surface area contributed by atoms with Crippen LogP contribution < -0.4 is 0 Å². The number of rotatable bonds is 3. The average molecular weight is 253 g/mol. The fourth-order valence-electron chi connectivity index (χ4n) is 1.55. The summed E-state index contributed by atoms with van der Waals surface area (Å²) >= 11 is 5.87. The van der Waals surface area contributed by atoms with Gasteiger partial charge in [-0.1, -0.05) is 29.8 Å². The lowest BCUT2D eigenvalue weighted by Gasteiger charge is -2.30. The fourth-order valence-corrected chi connectivity index (χ4v) is 1.89. The molecule has 0 saturated heterocycles. The van der Waals surface area contributed by atoms with E-state index in [9.17, 15) is 13.2 Å². The molecule has 0 saturated carbocycles. The van der Waals surface area contributed by atoms with E-state index >= 15 is 0 Å². The van der Waals surface area contributed by atoms with Crippen molar-refractivity contribution in [1.82, 2.24) is 0 Å². The lowest BCUT2D eigenvalue weighted by Crippen LogP contribution is -2.31. The van der Waals surface area contributed by atoms with Gasteiger partial charge in [-0.05, 0) is 13.0 Å². The van der Waals surface area contributed by atoms with Crippen LogP contribution in [0, 0.1) is 0 Å². The van der Waals surface area contributed by atoms with Crippen molar-refractivity contribution in [3.8, 4) is 0 Å². The number of hydrogen-bond acceptors (Lipinski definition) is 1. The molecule has 0 aliphatic heterocycles. The van der Waals surface area contributed by atoms with E-state index in [1.807, 2.05) is 0 Å². The summed E-state index contributed by atoms with van der Waals surface area (Å²) in [5, 5.41) is 0.274. The number of methoxy groups -OCH3 is 1. The molecule has 1 aromatic carbocycles. The third-order valence-electron chi connectivity index (χ3n) is 2.43. The van der Waals surface area contributed by atoms with Crippen LogP contribution in [0.3, 0.4) is 0 Å². The summed E-state index contributed by atoms with van der Waals surface area (Å²) in [4.78, 5) is 0. The quantitative estimate of drug-likeness (QED) is 0.785. The smallest absolute Gasteiger partial charge is 0.373 e. The summed E-state index contributed by atoms with van der Waals surface area (Å²) in [5.74, 6) is 0. The van der Waals surface area contributed by atoms with Gasteiger partial charge < -0.3 is 4.74 Å². The monoisotopic (exact) mass is 252 g/mol. The standard InChI is InChI=1S/C11H12ClF3O/c1-10(16-2,7-11(13,14)15)8-5-3-4-6-9(8)12/h3-6H,7H2,1-2H3. The Hall–Kier alpha value is -0.740. The molecule has 0 bridgehead atoms. The summed E-state index contributed by atoms with van der Waals surface area (Å²) in [5.41, 5.74) is -1.10. The van der Waals surface area contributed by atoms with Crippen molar-refractivity contribution in [2.45, 2.75) is 25.1 Å². The van der Waals surface area contributed by atoms with Crippen molar-refractivity contribution < 1.29 is 17.9 Å². The van der Waals surface area contributed by atoms with Crippen LogP contribution >= 0.6 is 11.6 Å². The minimum Gasteiger partial charge on any atom is -0.373 e. The van der Waals surface area contributed by atoms with Gasteiger partial charge in [0, 0.05) is 17.7 Å². The zero-order valence-corrected chi connectivity index (χ0v) is 9.69. The molecule has 0 aliphatic rings. The summed E-state index contributed by atoms with van der Waals surface area (Å²) in [6, 6.07) is 6.38. The Kier molecular flexibility index (Phi) is 3.86. The first kappa shape index (κ1) is 13.3. The third-order valence-corrected chi connectivity index (χ3v) is 2.76. The van der Waals surface area contributed by atoms with E-state index < -0.39 is 18.2 Å². The highest BCUT2D eigenvalue weighted by atomic mass is 35.5. The highest BCUT2D eigenvalue weighted by Gasteiger charge is 2.41. The molecule has 0 N–H and O–H groups in total. The third kappa shape index (κ3) is 3.12. The number of ether oxygens (including phenoxy) is 1. The van der Waals surface area contributed by atoms with E-state index in [1.54, 1.807) is 18.2 Å². The lowest BCUT2D eigenvalue weighted by atomic mass is 9.92. The number of halogens is 4. The minimum absolute atomic E-state index is 0.274. The molecule has 0 radical (unpaired) electrons. The summed E-state index contributed by atoms with van der Waals surface area (Å²) in [6.45, 7) is 1.38. The first-order valence-corrected chi connectivity index (χ1v) is 5.03. The highest BCUT2D eigenvalue weighted by Crippen LogP contribution is 2.39. The first-order chi connectivity index (χ1) is 7.28. The zero-order valence-electron chi connectivity index (χ0n) is 8.94. The van der Waals surface area contributed by atoms with Crippen molar-refractivity contribution in [2.75, 3.05) is 7.11 Å². The van der Waals surface area contributed by atoms with Crippen LogP contribution in [0.1, 0.15) is 18.9 Å². The van der Waals surface area contributed by atoms with Gasteiger partial charge in [0.25, 0.3) is 0 Å². The molecule has 16 heavy (non-hydrogen) atoms. The molecule has 1 rings (SSSR count). The van der Waals surface area contributed by atoms with Gasteiger partial charge in [-0.25, -0.2) is 0 Å². The van der Waals surface area contributed by atoms with Crippen molar-refractivity contribution in [2.24, 2.45) is 0 Å². The topological polar surface area (TPSA) is 9.23 Å². The molecular weight excluding hydrogens is 241 g/mol. The van der Waals surface area contributed by atoms with Crippen molar-refractivity contribution in [3.63, 3.8) is 0 Å². The average Bonchev–Trinajstić information content (AvgIpc) is 2.15. The molecular formula is C11H12ClF3O. The van der Waals surface area contributed by atoms with Gasteiger partial charge in [0.1, 0.15) is 0 Å². The summed E-state index contributed by atoms with van der Waals surface area (Å²) in [6.07, 6.45) is -5.37. The van der Waals surface area contributed by atoms with E-state index in [-0.39, 0.29) is 5.02 Å². The predicted octanol–water partition coefficient (Wildman–Crippen LogP) is 4.15. The van der Waals surface area contributed by atoms with Crippen LogP contribution in [-0.4, -0.2) is 13.3 Å². The Morgan fingerprint density at radius 1 is 1.25 bits per heavy atom. The van der Waals surface area contributed by atoms with Gasteiger partial charge in [-0.3, -0.25) is 0 Å². The van der Waals surface area contributed by atoms with E-state index in [1.165, 1.54) is 20.1 Å². The van der Waals surface area contributed by atoms with Crippen LogP contribution in [0.5, 0.6) is 0 Å². The number of alkyl halides is 3. The molecule has 0 aliphatic carbocycles. The molecule has 1 unspecified atom stereocenters. The molecule has 1 atom stereocenters. The van der Waals surface area contributed by atoms with Crippen molar-refractivity contribution in [3.05, 3.63) is 34.9 Å². The Morgan fingerprint density at radius 2 is 1.81 bits per heavy atom. The molecule has 5 heteroatoms. The van der Waals surface area contributed by atoms with E-state index in [2.05, 4.69) is 0 Å². The molecule has 0 amide bonds. The summed E-state index contributed by atoms with van der Waals surface area (Å²) < 4.78 is 42.3. The van der Waals surface area contributed by atoms with Crippen LogP contribution in [0.2, 0.25) is 5.02 Å². The van der Waals surface area contributed by atoms with Crippen LogP contribution in [0.15, 0.2) is 24.3 Å². The van der Waals surface area contributed by atoms with E-state index in [0.717, 1.165) is 0 Å². The maximum Gasteiger partial charge on any atom is 0.392 e. The SMILES string of the molecule is COC(C)(CC(F)(F)F)c1ccccc1Cl. The lowest BCUT2D eigenvalue weighted by molar-refractivity contribution is -0.181. The van der Waals surface area contributed by atoms with Crippen LogP contribution in [0.25, 0.3) is 0 Å². The molecule has 0 heterocycles. The molecule has 0 spiro atoms. The molecule has 0 fully saturated rings. The fraction of sp³-hybridized carbons (Fsp3) is 0.455. The Bertz CT molecular complexity index is 364. The maximum atomic E-state index is 12.4. The van der Waals surface area contributed by atoms with Crippen molar-refractivity contribution >= 4 is 11.6 Å². The van der Waals surface area contributed by atoms with Gasteiger partial charge in [-0.15, -0.1) is 0 Å².